The Bertz CT molecular complexity index is 841. The van der Waals surface area contributed by atoms with Crippen molar-refractivity contribution in [3.05, 3.63) is 53.5 Å². The summed E-state index contributed by atoms with van der Waals surface area (Å²) in [6.45, 7) is 8.05. The van der Waals surface area contributed by atoms with Crippen LogP contribution in [0.25, 0.3) is 0 Å². The molecule has 0 bridgehead atoms. The number of anilines is 4. The molecule has 6 heteroatoms. The van der Waals surface area contributed by atoms with Crippen LogP contribution in [-0.4, -0.2) is 15.1 Å². The van der Waals surface area contributed by atoms with E-state index in [1.165, 1.54) is 5.56 Å². The van der Waals surface area contributed by atoms with Gasteiger partial charge in [-0.2, -0.15) is 0 Å². The molecule has 0 fully saturated rings. The van der Waals surface area contributed by atoms with Crippen molar-refractivity contribution in [1.82, 2.24) is 15.1 Å². The van der Waals surface area contributed by atoms with Gasteiger partial charge >= 0.3 is 0 Å². The second-order valence-corrected chi connectivity index (χ2v) is 6.00. The van der Waals surface area contributed by atoms with E-state index in [9.17, 15) is 0 Å². The third kappa shape index (κ3) is 3.71. The molecular weight excluding hydrogens is 302 g/mol. The molecule has 1 aromatic carbocycles. The first kappa shape index (κ1) is 16.0. The minimum absolute atomic E-state index is 0.423. The molecule has 0 amide bonds. The Kier molecular flexibility index (Phi) is 4.46. The maximum Gasteiger partial charge on any atom is 0.175 e. The van der Waals surface area contributed by atoms with Crippen LogP contribution in [0.3, 0.4) is 0 Å². The molecular formula is C18H21N5O. The Hall–Kier alpha value is -2.89. The zero-order valence-electron chi connectivity index (χ0n) is 14.3. The topological polar surface area (TPSA) is 75.9 Å². The predicted molar refractivity (Wildman–Crippen MR) is 95.1 cm³/mol. The summed E-state index contributed by atoms with van der Waals surface area (Å²) in [5.41, 5.74) is 2.30. The molecule has 0 spiro atoms. The molecule has 2 heterocycles. The Morgan fingerprint density at radius 2 is 1.62 bits per heavy atom. The highest BCUT2D eigenvalue weighted by Gasteiger charge is 2.09. The molecule has 0 saturated heterocycles. The molecule has 24 heavy (non-hydrogen) atoms. The van der Waals surface area contributed by atoms with Crippen LogP contribution in [0.4, 0.5) is 23.1 Å². The number of nitrogens with zero attached hydrogens (tertiary/aromatic N) is 3. The minimum Gasteiger partial charge on any atom is -0.360 e. The van der Waals surface area contributed by atoms with Gasteiger partial charge < -0.3 is 15.2 Å². The zero-order chi connectivity index (χ0) is 17.1. The van der Waals surface area contributed by atoms with Gasteiger partial charge in [0.1, 0.15) is 23.2 Å². The molecule has 2 aromatic heterocycles. The second kappa shape index (κ2) is 6.70. The molecule has 3 rings (SSSR count). The maximum atomic E-state index is 5.06. The van der Waals surface area contributed by atoms with Gasteiger partial charge in [0.15, 0.2) is 5.82 Å². The SMILES string of the molecule is Cc1nc(Nc2cc(C)on2)cc(Nc2ccccc2C(C)C)n1. The summed E-state index contributed by atoms with van der Waals surface area (Å²) in [7, 11) is 0. The van der Waals surface area contributed by atoms with Crippen LogP contribution in [0, 0.1) is 13.8 Å². The number of hydrogen-bond donors (Lipinski definition) is 2. The van der Waals surface area contributed by atoms with E-state index < -0.39 is 0 Å². The Morgan fingerprint density at radius 3 is 2.29 bits per heavy atom. The molecule has 0 atom stereocenters. The van der Waals surface area contributed by atoms with Crippen LogP contribution < -0.4 is 10.6 Å². The normalized spacial score (nSPS) is 10.9. The summed E-state index contributed by atoms with van der Waals surface area (Å²) in [5.74, 6) is 3.86. The molecule has 0 aliphatic rings. The van der Waals surface area contributed by atoms with Gasteiger partial charge in [0.25, 0.3) is 0 Å². The molecule has 0 radical (unpaired) electrons. The van der Waals surface area contributed by atoms with Crippen LogP contribution in [0.1, 0.15) is 36.9 Å². The number of rotatable bonds is 5. The molecule has 3 aromatic rings. The lowest BCUT2D eigenvalue weighted by molar-refractivity contribution is 0.400. The van der Waals surface area contributed by atoms with E-state index in [1.54, 1.807) is 0 Å². The van der Waals surface area contributed by atoms with Crippen molar-refractivity contribution in [2.75, 3.05) is 10.6 Å². The molecule has 0 saturated carbocycles. The van der Waals surface area contributed by atoms with E-state index in [0.717, 1.165) is 17.3 Å². The average Bonchev–Trinajstić information content (AvgIpc) is 2.92. The molecule has 0 unspecified atom stereocenters. The van der Waals surface area contributed by atoms with E-state index in [4.69, 9.17) is 4.52 Å². The summed E-state index contributed by atoms with van der Waals surface area (Å²) in [6.07, 6.45) is 0. The molecule has 124 valence electrons. The van der Waals surface area contributed by atoms with E-state index in [0.29, 0.717) is 23.4 Å². The van der Waals surface area contributed by atoms with Gasteiger partial charge in [-0.3, -0.25) is 0 Å². The summed E-state index contributed by atoms with van der Waals surface area (Å²) in [4.78, 5) is 8.86. The van der Waals surface area contributed by atoms with Crippen molar-refractivity contribution in [3.63, 3.8) is 0 Å². The third-order valence-corrected chi connectivity index (χ3v) is 3.57. The van der Waals surface area contributed by atoms with Gasteiger partial charge in [-0.15, -0.1) is 0 Å². The second-order valence-electron chi connectivity index (χ2n) is 6.00. The molecule has 0 aliphatic carbocycles. The monoisotopic (exact) mass is 323 g/mol. The quantitative estimate of drug-likeness (QED) is 0.709. The minimum atomic E-state index is 0.423. The fraction of sp³-hybridized carbons (Fsp3) is 0.278. The number of nitrogens with one attached hydrogen (secondary N) is 2. The Morgan fingerprint density at radius 1 is 0.917 bits per heavy atom. The van der Waals surface area contributed by atoms with Crippen LogP contribution in [0.5, 0.6) is 0 Å². The van der Waals surface area contributed by atoms with E-state index >= 15 is 0 Å². The van der Waals surface area contributed by atoms with Crippen molar-refractivity contribution >= 4 is 23.1 Å². The Balaban J connectivity index is 1.86. The Labute approximate surface area is 141 Å². The van der Waals surface area contributed by atoms with Crippen LogP contribution in [0.2, 0.25) is 0 Å². The van der Waals surface area contributed by atoms with Gasteiger partial charge in [-0.25, -0.2) is 9.97 Å². The van der Waals surface area contributed by atoms with Crippen molar-refractivity contribution in [2.45, 2.75) is 33.6 Å². The molecule has 2 N–H and O–H groups in total. The van der Waals surface area contributed by atoms with Crippen molar-refractivity contribution in [2.24, 2.45) is 0 Å². The lowest BCUT2D eigenvalue weighted by Crippen LogP contribution is -2.03. The van der Waals surface area contributed by atoms with E-state index in [-0.39, 0.29) is 0 Å². The lowest BCUT2D eigenvalue weighted by atomic mass is 10.0. The van der Waals surface area contributed by atoms with Crippen molar-refractivity contribution < 1.29 is 4.52 Å². The fourth-order valence-electron chi connectivity index (χ4n) is 2.50. The number of aryl methyl sites for hydroxylation is 2. The van der Waals surface area contributed by atoms with E-state index in [1.807, 2.05) is 38.1 Å². The summed E-state index contributed by atoms with van der Waals surface area (Å²) >= 11 is 0. The highest BCUT2D eigenvalue weighted by atomic mass is 16.5. The fourth-order valence-corrected chi connectivity index (χ4v) is 2.50. The van der Waals surface area contributed by atoms with Crippen LogP contribution in [0.15, 0.2) is 40.9 Å². The third-order valence-electron chi connectivity index (χ3n) is 3.57. The van der Waals surface area contributed by atoms with Gasteiger partial charge in [-0.05, 0) is 31.4 Å². The maximum absolute atomic E-state index is 5.06. The number of benzene rings is 1. The zero-order valence-corrected chi connectivity index (χ0v) is 14.3. The van der Waals surface area contributed by atoms with E-state index in [2.05, 4.69) is 51.7 Å². The van der Waals surface area contributed by atoms with Crippen LogP contribution >= 0.6 is 0 Å². The lowest BCUT2D eigenvalue weighted by Gasteiger charge is -2.15. The van der Waals surface area contributed by atoms with Crippen molar-refractivity contribution in [3.8, 4) is 0 Å². The number of hydrogen-bond acceptors (Lipinski definition) is 6. The average molecular weight is 323 g/mol. The molecule has 6 nitrogen and oxygen atoms in total. The smallest absolute Gasteiger partial charge is 0.175 e. The number of para-hydroxylation sites is 1. The molecule has 0 aliphatic heterocycles. The predicted octanol–water partition coefficient (Wildman–Crippen LogP) is 4.69. The summed E-state index contributed by atoms with van der Waals surface area (Å²) < 4.78 is 5.06. The number of aromatic nitrogens is 3. The van der Waals surface area contributed by atoms with Gasteiger partial charge in [0.05, 0.1) is 0 Å². The first-order valence-electron chi connectivity index (χ1n) is 7.93. The first-order chi connectivity index (χ1) is 11.5. The summed E-state index contributed by atoms with van der Waals surface area (Å²) in [6, 6.07) is 11.9. The largest absolute Gasteiger partial charge is 0.360 e. The van der Waals surface area contributed by atoms with Crippen molar-refractivity contribution in [1.29, 1.82) is 0 Å². The highest BCUT2D eigenvalue weighted by Crippen LogP contribution is 2.27. The standard InChI is InChI=1S/C18H21N5O/c1-11(2)14-7-5-6-8-15(14)21-16-10-17(20-13(4)19-16)22-18-9-12(3)24-23-18/h5-11H,1-4H3,(H2,19,20,21,22,23). The van der Waals surface area contributed by atoms with Gasteiger partial charge in [0, 0.05) is 17.8 Å². The first-order valence-corrected chi connectivity index (χ1v) is 7.93. The van der Waals surface area contributed by atoms with Gasteiger partial charge in [0.2, 0.25) is 0 Å². The summed E-state index contributed by atoms with van der Waals surface area (Å²) in [5, 5.41) is 10.4. The van der Waals surface area contributed by atoms with Crippen LogP contribution in [-0.2, 0) is 0 Å². The van der Waals surface area contributed by atoms with Gasteiger partial charge in [-0.1, -0.05) is 37.2 Å². The highest BCUT2D eigenvalue weighted by molar-refractivity contribution is 5.64.